The molecule has 1 aromatic carbocycles. The highest BCUT2D eigenvalue weighted by Crippen LogP contribution is 2.06. The third-order valence-corrected chi connectivity index (χ3v) is 3.10. The predicted octanol–water partition coefficient (Wildman–Crippen LogP) is 2.14. The fourth-order valence-electron chi connectivity index (χ4n) is 2.08. The van der Waals surface area contributed by atoms with Crippen molar-refractivity contribution in [3.8, 4) is 6.07 Å². The number of carbonyl (C=O) groups is 1. The van der Waals surface area contributed by atoms with Crippen molar-refractivity contribution in [1.29, 1.82) is 5.26 Å². The zero-order chi connectivity index (χ0) is 14.7. The standard InChI is InChI=1S/C16H12N4O/c17-9-12-4-3-5-13(8-12)16(21)18-10-14-11-20-7-2-1-6-15(20)19-14/h1-8,11H,10H2,(H,18,21). The molecule has 21 heavy (non-hydrogen) atoms. The molecule has 102 valence electrons. The molecule has 0 aliphatic carbocycles. The normalized spacial score (nSPS) is 10.2. The Kier molecular flexibility index (Phi) is 3.36. The van der Waals surface area contributed by atoms with Gasteiger partial charge in [-0.3, -0.25) is 4.79 Å². The van der Waals surface area contributed by atoms with E-state index in [0.717, 1.165) is 11.3 Å². The van der Waals surface area contributed by atoms with E-state index in [2.05, 4.69) is 10.3 Å². The number of nitrogens with one attached hydrogen (secondary N) is 1. The van der Waals surface area contributed by atoms with Gasteiger partial charge in [-0.2, -0.15) is 5.26 Å². The van der Waals surface area contributed by atoms with Gasteiger partial charge in [-0.15, -0.1) is 0 Å². The number of imidazole rings is 1. The SMILES string of the molecule is N#Cc1cccc(C(=O)NCc2cn3ccccc3n2)c1. The summed E-state index contributed by atoms with van der Waals surface area (Å²) in [4.78, 5) is 16.5. The number of benzene rings is 1. The van der Waals surface area contributed by atoms with Crippen LogP contribution in [-0.4, -0.2) is 15.3 Å². The summed E-state index contributed by atoms with van der Waals surface area (Å²) in [5, 5.41) is 11.6. The molecule has 0 unspecified atom stereocenters. The van der Waals surface area contributed by atoms with E-state index < -0.39 is 0 Å². The van der Waals surface area contributed by atoms with Crippen molar-refractivity contribution in [3.63, 3.8) is 0 Å². The number of carbonyl (C=O) groups excluding carboxylic acids is 1. The molecule has 2 aromatic heterocycles. The Balaban J connectivity index is 1.72. The van der Waals surface area contributed by atoms with Gasteiger partial charge in [-0.1, -0.05) is 12.1 Å². The Morgan fingerprint density at radius 1 is 1.29 bits per heavy atom. The summed E-state index contributed by atoms with van der Waals surface area (Å²) < 4.78 is 1.90. The molecule has 3 aromatic rings. The first-order valence-corrected chi connectivity index (χ1v) is 6.47. The maximum atomic E-state index is 12.0. The van der Waals surface area contributed by atoms with Crippen LogP contribution in [0.3, 0.4) is 0 Å². The van der Waals surface area contributed by atoms with E-state index in [-0.39, 0.29) is 5.91 Å². The fourth-order valence-corrected chi connectivity index (χ4v) is 2.08. The number of fused-ring (bicyclic) bond motifs is 1. The highest BCUT2D eigenvalue weighted by molar-refractivity contribution is 5.94. The van der Waals surface area contributed by atoms with Crippen molar-refractivity contribution in [2.45, 2.75) is 6.54 Å². The van der Waals surface area contributed by atoms with Crippen LogP contribution < -0.4 is 5.32 Å². The Hall–Kier alpha value is -3.13. The highest BCUT2D eigenvalue weighted by Gasteiger charge is 2.07. The number of amides is 1. The average molecular weight is 276 g/mol. The van der Waals surface area contributed by atoms with Crippen molar-refractivity contribution in [2.24, 2.45) is 0 Å². The average Bonchev–Trinajstić information content (AvgIpc) is 2.95. The maximum Gasteiger partial charge on any atom is 0.251 e. The maximum absolute atomic E-state index is 12.0. The quantitative estimate of drug-likeness (QED) is 0.796. The summed E-state index contributed by atoms with van der Waals surface area (Å²) >= 11 is 0. The van der Waals surface area contributed by atoms with Crippen molar-refractivity contribution in [1.82, 2.24) is 14.7 Å². The van der Waals surface area contributed by atoms with E-state index in [1.165, 1.54) is 0 Å². The molecule has 0 bridgehead atoms. The molecule has 0 saturated carbocycles. The van der Waals surface area contributed by atoms with Gasteiger partial charge in [-0.05, 0) is 30.3 Å². The Morgan fingerprint density at radius 2 is 2.19 bits per heavy atom. The van der Waals surface area contributed by atoms with E-state index in [1.54, 1.807) is 24.3 Å². The molecule has 0 aliphatic rings. The molecular formula is C16H12N4O. The van der Waals surface area contributed by atoms with Crippen molar-refractivity contribution >= 4 is 11.6 Å². The number of pyridine rings is 1. The molecular weight excluding hydrogens is 264 g/mol. The molecule has 0 aliphatic heterocycles. The van der Waals surface area contributed by atoms with Gasteiger partial charge in [0.05, 0.1) is 23.9 Å². The lowest BCUT2D eigenvalue weighted by atomic mass is 10.1. The molecule has 0 fully saturated rings. The first-order valence-electron chi connectivity index (χ1n) is 6.47. The Morgan fingerprint density at radius 3 is 3.00 bits per heavy atom. The van der Waals surface area contributed by atoms with Gasteiger partial charge in [0.25, 0.3) is 5.91 Å². The molecule has 0 atom stereocenters. The van der Waals surface area contributed by atoms with Crippen LogP contribution in [0.4, 0.5) is 0 Å². The van der Waals surface area contributed by atoms with Gasteiger partial charge in [0.2, 0.25) is 0 Å². The van der Waals surface area contributed by atoms with E-state index >= 15 is 0 Å². The minimum Gasteiger partial charge on any atom is -0.346 e. The summed E-state index contributed by atoms with van der Waals surface area (Å²) in [7, 11) is 0. The molecule has 0 radical (unpaired) electrons. The van der Waals surface area contributed by atoms with Crippen LogP contribution in [0, 0.1) is 11.3 Å². The second kappa shape index (κ2) is 5.47. The number of hydrogen-bond donors (Lipinski definition) is 1. The van der Waals surface area contributed by atoms with E-state index in [1.807, 2.05) is 41.1 Å². The molecule has 0 spiro atoms. The number of hydrogen-bond acceptors (Lipinski definition) is 3. The van der Waals surface area contributed by atoms with E-state index in [0.29, 0.717) is 17.7 Å². The van der Waals surface area contributed by atoms with Gasteiger partial charge in [0.1, 0.15) is 5.65 Å². The first-order chi connectivity index (χ1) is 10.3. The summed E-state index contributed by atoms with van der Waals surface area (Å²) in [5.74, 6) is -0.218. The number of nitriles is 1. The number of aromatic nitrogens is 2. The topological polar surface area (TPSA) is 70.2 Å². The number of nitrogens with zero attached hydrogens (tertiary/aromatic N) is 3. The fraction of sp³-hybridized carbons (Fsp3) is 0.0625. The largest absolute Gasteiger partial charge is 0.346 e. The minimum absolute atomic E-state index is 0.218. The van der Waals surface area contributed by atoms with Gasteiger partial charge in [-0.25, -0.2) is 4.98 Å². The third kappa shape index (κ3) is 2.74. The monoisotopic (exact) mass is 276 g/mol. The summed E-state index contributed by atoms with van der Waals surface area (Å²) in [6, 6.07) is 14.4. The molecule has 1 N–H and O–H groups in total. The van der Waals surface area contributed by atoms with Crippen LogP contribution in [0.1, 0.15) is 21.6 Å². The summed E-state index contributed by atoms with van der Waals surface area (Å²) in [5.41, 5.74) is 2.56. The van der Waals surface area contributed by atoms with Gasteiger partial charge in [0, 0.05) is 18.0 Å². The number of rotatable bonds is 3. The first kappa shape index (κ1) is 12.9. The van der Waals surface area contributed by atoms with Crippen LogP contribution in [-0.2, 0) is 6.54 Å². The zero-order valence-corrected chi connectivity index (χ0v) is 11.2. The second-order valence-corrected chi connectivity index (χ2v) is 4.57. The highest BCUT2D eigenvalue weighted by atomic mass is 16.1. The van der Waals surface area contributed by atoms with Crippen LogP contribution >= 0.6 is 0 Å². The van der Waals surface area contributed by atoms with Crippen LogP contribution in [0.2, 0.25) is 0 Å². The van der Waals surface area contributed by atoms with Crippen LogP contribution in [0.25, 0.3) is 5.65 Å². The summed E-state index contributed by atoms with van der Waals surface area (Å²) in [6.07, 6.45) is 3.78. The van der Waals surface area contributed by atoms with Crippen molar-refractivity contribution in [2.75, 3.05) is 0 Å². The lowest BCUT2D eigenvalue weighted by molar-refractivity contribution is 0.0950. The Labute approximate surface area is 121 Å². The molecule has 0 saturated heterocycles. The lowest BCUT2D eigenvalue weighted by Crippen LogP contribution is -2.22. The lowest BCUT2D eigenvalue weighted by Gasteiger charge is -2.03. The predicted molar refractivity (Wildman–Crippen MR) is 77.5 cm³/mol. The van der Waals surface area contributed by atoms with E-state index in [9.17, 15) is 4.79 Å². The smallest absolute Gasteiger partial charge is 0.251 e. The van der Waals surface area contributed by atoms with Crippen LogP contribution in [0.15, 0.2) is 54.9 Å². The molecule has 1 amide bonds. The van der Waals surface area contributed by atoms with Crippen molar-refractivity contribution < 1.29 is 4.79 Å². The Bertz CT molecular complexity index is 812. The van der Waals surface area contributed by atoms with E-state index in [4.69, 9.17) is 5.26 Å². The minimum atomic E-state index is -0.218. The third-order valence-electron chi connectivity index (χ3n) is 3.10. The van der Waals surface area contributed by atoms with Crippen molar-refractivity contribution in [3.05, 3.63) is 71.7 Å². The van der Waals surface area contributed by atoms with Crippen LogP contribution in [0.5, 0.6) is 0 Å². The van der Waals surface area contributed by atoms with Gasteiger partial charge >= 0.3 is 0 Å². The van der Waals surface area contributed by atoms with Gasteiger partial charge < -0.3 is 9.72 Å². The van der Waals surface area contributed by atoms with Gasteiger partial charge in [0.15, 0.2) is 0 Å². The molecule has 5 heteroatoms. The summed E-state index contributed by atoms with van der Waals surface area (Å²) in [6.45, 7) is 0.345. The molecule has 3 rings (SSSR count). The molecule has 5 nitrogen and oxygen atoms in total. The molecule has 2 heterocycles. The zero-order valence-electron chi connectivity index (χ0n) is 11.2. The second-order valence-electron chi connectivity index (χ2n) is 4.57.